The van der Waals surface area contributed by atoms with E-state index in [1.807, 2.05) is 19.9 Å². The van der Waals surface area contributed by atoms with Crippen LogP contribution in [0.25, 0.3) is 10.9 Å². The SMILES string of the molecule is Cc1ccc(Cl)c2c(=O)c(CC(=O)O)c(C)n(C3CC3)c12. The number of aryl methyl sites for hydroxylation is 1. The monoisotopic (exact) mass is 305 g/mol. The Labute approximate surface area is 127 Å². The molecular weight excluding hydrogens is 290 g/mol. The first kappa shape index (κ1) is 14.1. The Morgan fingerprint density at radius 1 is 1.38 bits per heavy atom. The van der Waals surface area contributed by atoms with Crippen LogP contribution in [0.3, 0.4) is 0 Å². The zero-order valence-corrected chi connectivity index (χ0v) is 12.7. The average molecular weight is 306 g/mol. The van der Waals surface area contributed by atoms with Crippen molar-refractivity contribution in [1.82, 2.24) is 4.57 Å². The van der Waals surface area contributed by atoms with Crippen molar-refractivity contribution in [1.29, 1.82) is 0 Å². The predicted octanol–water partition coefficient (Wildman–Crippen LogP) is 3.23. The highest BCUT2D eigenvalue weighted by atomic mass is 35.5. The first-order chi connectivity index (χ1) is 9.91. The second-order valence-electron chi connectivity index (χ2n) is 5.65. The van der Waals surface area contributed by atoms with Gasteiger partial charge in [-0.05, 0) is 38.3 Å². The van der Waals surface area contributed by atoms with Crippen LogP contribution in [-0.4, -0.2) is 15.6 Å². The number of hydrogen-bond acceptors (Lipinski definition) is 2. The lowest BCUT2D eigenvalue weighted by Crippen LogP contribution is -2.22. The van der Waals surface area contributed by atoms with Crippen molar-refractivity contribution in [3.8, 4) is 0 Å². The molecule has 2 aromatic rings. The van der Waals surface area contributed by atoms with Crippen LogP contribution in [0.1, 0.15) is 35.7 Å². The van der Waals surface area contributed by atoms with Gasteiger partial charge in [0.05, 0.1) is 22.3 Å². The van der Waals surface area contributed by atoms with E-state index in [4.69, 9.17) is 16.7 Å². The molecule has 1 aromatic carbocycles. The lowest BCUT2D eigenvalue weighted by Gasteiger charge is -2.19. The molecule has 1 aliphatic carbocycles. The molecule has 0 saturated heterocycles. The van der Waals surface area contributed by atoms with Crippen molar-refractivity contribution in [2.45, 2.75) is 39.2 Å². The van der Waals surface area contributed by atoms with Crippen molar-refractivity contribution in [3.05, 3.63) is 44.2 Å². The minimum absolute atomic E-state index is 0.254. The Balaban J connectivity index is 2.48. The molecule has 1 heterocycles. The number of nitrogens with zero attached hydrogens (tertiary/aromatic N) is 1. The molecule has 1 N–H and O–H groups in total. The molecule has 0 spiro atoms. The molecule has 0 unspecified atom stereocenters. The number of aliphatic carboxylic acids is 1. The highest BCUT2D eigenvalue weighted by Gasteiger charge is 2.29. The molecule has 1 saturated carbocycles. The molecule has 1 fully saturated rings. The van der Waals surface area contributed by atoms with Gasteiger partial charge in [0.2, 0.25) is 0 Å². The number of aromatic nitrogens is 1. The lowest BCUT2D eigenvalue weighted by atomic mass is 10.0. The largest absolute Gasteiger partial charge is 0.481 e. The lowest BCUT2D eigenvalue weighted by molar-refractivity contribution is -0.136. The van der Waals surface area contributed by atoms with E-state index in [0.717, 1.165) is 29.6 Å². The topological polar surface area (TPSA) is 59.3 Å². The van der Waals surface area contributed by atoms with Gasteiger partial charge in [0.15, 0.2) is 5.43 Å². The maximum atomic E-state index is 12.7. The summed E-state index contributed by atoms with van der Waals surface area (Å²) in [5, 5.41) is 9.92. The Kier molecular flexibility index (Phi) is 3.29. The molecule has 1 aromatic heterocycles. The standard InChI is InChI=1S/C16H16ClNO3/c1-8-3-6-12(17)14-15(8)18(10-4-5-10)9(2)11(16(14)21)7-13(19)20/h3,6,10H,4-5,7H2,1-2H3,(H,19,20). The number of fused-ring (bicyclic) bond motifs is 1. The van der Waals surface area contributed by atoms with Gasteiger partial charge in [0, 0.05) is 17.3 Å². The van der Waals surface area contributed by atoms with Gasteiger partial charge in [0.1, 0.15) is 0 Å². The zero-order chi connectivity index (χ0) is 15.3. The van der Waals surface area contributed by atoms with Gasteiger partial charge in [-0.15, -0.1) is 0 Å². The highest BCUT2D eigenvalue weighted by molar-refractivity contribution is 6.35. The zero-order valence-electron chi connectivity index (χ0n) is 11.9. The van der Waals surface area contributed by atoms with Crippen molar-refractivity contribution in [2.75, 3.05) is 0 Å². The van der Waals surface area contributed by atoms with Crippen molar-refractivity contribution < 1.29 is 9.90 Å². The Bertz CT molecular complexity index is 819. The van der Waals surface area contributed by atoms with E-state index in [2.05, 4.69) is 4.57 Å². The smallest absolute Gasteiger partial charge is 0.308 e. The molecule has 21 heavy (non-hydrogen) atoms. The predicted molar refractivity (Wildman–Crippen MR) is 82.3 cm³/mol. The highest BCUT2D eigenvalue weighted by Crippen LogP contribution is 2.40. The molecule has 0 atom stereocenters. The van der Waals surface area contributed by atoms with E-state index in [9.17, 15) is 9.59 Å². The summed E-state index contributed by atoms with van der Waals surface area (Å²) in [5.41, 5.74) is 2.68. The maximum absolute atomic E-state index is 12.7. The third-order valence-corrected chi connectivity index (χ3v) is 4.42. The number of hydrogen-bond donors (Lipinski definition) is 1. The summed E-state index contributed by atoms with van der Waals surface area (Å²) in [6.45, 7) is 3.78. The summed E-state index contributed by atoms with van der Waals surface area (Å²) < 4.78 is 2.11. The summed E-state index contributed by atoms with van der Waals surface area (Å²) in [5.74, 6) is -0.999. The number of carboxylic acids is 1. The summed E-state index contributed by atoms with van der Waals surface area (Å²) in [4.78, 5) is 23.8. The van der Waals surface area contributed by atoms with Crippen LogP contribution in [0.15, 0.2) is 16.9 Å². The first-order valence-electron chi connectivity index (χ1n) is 6.96. The average Bonchev–Trinajstić information content (AvgIpc) is 3.23. The van der Waals surface area contributed by atoms with E-state index < -0.39 is 5.97 Å². The molecule has 5 heteroatoms. The van der Waals surface area contributed by atoms with Crippen LogP contribution >= 0.6 is 11.6 Å². The molecule has 1 aliphatic rings. The van der Waals surface area contributed by atoms with E-state index in [0.29, 0.717) is 22.0 Å². The first-order valence-corrected chi connectivity index (χ1v) is 7.34. The van der Waals surface area contributed by atoms with Gasteiger partial charge < -0.3 is 9.67 Å². The molecule has 0 amide bonds. The van der Waals surface area contributed by atoms with E-state index in [-0.39, 0.29) is 11.8 Å². The second-order valence-corrected chi connectivity index (χ2v) is 6.06. The van der Waals surface area contributed by atoms with Gasteiger partial charge in [0.25, 0.3) is 0 Å². The molecule has 0 radical (unpaired) electrons. The van der Waals surface area contributed by atoms with Crippen LogP contribution in [0.5, 0.6) is 0 Å². The van der Waals surface area contributed by atoms with Gasteiger partial charge in [-0.2, -0.15) is 0 Å². The molecule has 110 valence electrons. The number of rotatable bonds is 3. The van der Waals surface area contributed by atoms with Crippen LogP contribution < -0.4 is 5.43 Å². The number of carbonyl (C=O) groups is 1. The number of benzene rings is 1. The quantitative estimate of drug-likeness (QED) is 0.947. The summed E-state index contributed by atoms with van der Waals surface area (Å²) >= 11 is 6.23. The third kappa shape index (κ3) is 2.23. The Morgan fingerprint density at radius 2 is 2.05 bits per heavy atom. The fourth-order valence-electron chi connectivity index (χ4n) is 2.97. The number of carboxylic acid groups (broad SMARTS) is 1. The third-order valence-electron chi connectivity index (χ3n) is 4.11. The van der Waals surface area contributed by atoms with E-state index in [1.54, 1.807) is 6.07 Å². The van der Waals surface area contributed by atoms with Crippen LogP contribution in [0.4, 0.5) is 0 Å². The summed E-state index contributed by atoms with van der Waals surface area (Å²) in [7, 11) is 0. The van der Waals surface area contributed by atoms with Gasteiger partial charge in [-0.1, -0.05) is 17.7 Å². The fraction of sp³-hybridized carbons (Fsp3) is 0.375. The van der Waals surface area contributed by atoms with E-state index in [1.165, 1.54) is 0 Å². The van der Waals surface area contributed by atoms with Gasteiger partial charge >= 0.3 is 5.97 Å². The minimum Gasteiger partial charge on any atom is -0.481 e. The molecule has 0 bridgehead atoms. The minimum atomic E-state index is -0.999. The summed E-state index contributed by atoms with van der Waals surface area (Å²) in [6, 6.07) is 3.95. The van der Waals surface area contributed by atoms with Gasteiger partial charge in [-0.3, -0.25) is 9.59 Å². The molecule has 4 nitrogen and oxygen atoms in total. The normalized spacial score (nSPS) is 14.6. The van der Waals surface area contributed by atoms with Crippen molar-refractivity contribution >= 4 is 28.5 Å². The van der Waals surface area contributed by atoms with E-state index >= 15 is 0 Å². The van der Waals surface area contributed by atoms with Crippen molar-refractivity contribution in [3.63, 3.8) is 0 Å². The number of halogens is 1. The van der Waals surface area contributed by atoms with Crippen LogP contribution in [0, 0.1) is 13.8 Å². The molecule has 3 rings (SSSR count). The maximum Gasteiger partial charge on any atom is 0.308 e. The van der Waals surface area contributed by atoms with Crippen LogP contribution in [-0.2, 0) is 11.2 Å². The Morgan fingerprint density at radius 3 is 2.62 bits per heavy atom. The fourth-order valence-corrected chi connectivity index (χ4v) is 3.21. The molecular formula is C16H16ClNO3. The number of pyridine rings is 1. The van der Waals surface area contributed by atoms with Gasteiger partial charge in [-0.25, -0.2) is 0 Å². The van der Waals surface area contributed by atoms with Crippen molar-refractivity contribution in [2.24, 2.45) is 0 Å². The Hall–Kier alpha value is -1.81. The second kappa shape index (κ2) is 4.88. The van der Waals surface area contributed by atoms with Crippen LogP contribution in [0.2, 0.25) is 5.02 Å². The molecule has 0 aliphatic heterocycles. The summed E-state index contributed by atoms with van der Waals surface area (Å²) in [6.07, 6.45) is 1.84.